The number of rotatable bonds is 7. The molecule has 2 aliphatic rings. The number of benzene rings is 1. The molecule has 9 nitrogen and oxygen atoms in total. The Kier molecular flexibility index (Phi) is 7.95. The van der Waals surface area contributed by atoms with Gasteiger partial charge >= 0.3 is 6.03 Å². The molecule has 0 saturated carbocycles. The smallest absolute Gasteiger partial charge is 0.321 e. The second kappa shape index (κ2) is 12.1. The number of hydrogen-bond donors (Lipinski definition) is 2. The number of piperidine rings is 1. The number of nitrogens with one attached hydrogen (secondary N) is 2. The lowest BCUT2D eigenvalue weighted by atomic mass is 10.1. The van der Waals surface area contributed by atoms with Crippen LogP contribution in [0.15, 0.2) is 66.3 Å². The lowest BCUT2D eigenvalue weighted by molar-refractivity contribution is 0.101. The van der Waals surface area contributed by atoms with E-state index in [9.17, 15) is 14.0 Å². The lowest BCUT2D eigenvalue weighted by Gasteiger charge is -2.27. The maximum atomic E-state index is 13.5. The molecule has 0 bridgehead atoms. The van der Waals surface area contributed by atoms with E-state index in [2.05, 4.69) is 20.5 Å². The Hall–Kier alpha value is -4.25. The Bertz CT molecular complexity index is 1510. The Labute approximate surface area is 242 Å². The van der Waals surface area contributed by atoms with E-state index in [1.54, 1.807) is 29.0 Å². The minimum absolute atomic E-state index is 0.0351. The van der Waals surface area contributed by atoms with Crippen molar-refractivity contribution in [1.29, 1.82) is 0 Å². The molecule has 212 valence electrons. The number of thiazole rings is 1. The van der Waals surface area contributed by atoms with E-state index < -0.39 is 5.95 Å². The number of carbonyl (C=O) groups excluding carboxylic acids is 2. The van der Waals surface area contributed by atoms with Crippen molar-refractivity contribution in [3.63, 3.8) is 0 Å². The summed E-state index contributed by atoms with van der Waals surface area (Å²) in [6.07, 6.45) is 8.53. The van der Waals surface area contributed by atoms with Crippen LogP contribution in [0.1, 0.15) is 59.9 Å². The third-order valence-electron chi connectivity index (χ3n) is 7.64. The van der Waals surface area contributed by atoms with Crippen LogP contribution in [-0.2, 0) is 6.54 Å². The molecule has 2 fully saturated rings. The number of carbonyl (C=O) groups is 2. The highest BCUT2D eigenvalue weighted by Gasteiger charge is 2.29. The molecule has 11 heteroatoms. The Morgan fingerprint density at radius 2 is 1.83 bits per heavy atom. The molecule has 2 N–H and O–H groups in total. The van der Waals surface area contributed by atoms with Crippen molar-refractivity contribution in [3.05, 3.63) is 89.2 Å². The first-order chi connectivity index (χ1) is 20.0. The van der Waals surface area contributed by atoms with Gasteiger partial charge in [0.25, 0.3) is 5.91 Å². The summed E-state index contributed by atoms with van der Waals surface area (Å²) in [5, 5.41) is 8.50. The van der Waals surface area contributed by atoms with Crippen LogP contribution in [-0.4, -0.2) is 51.0 Å². The number of anilines is 3. The van der Waals surface area contributed by atoms with Crippen molar-refractivity contribution in [3.8, 4) is 0 Å². The fraction of sp³-hybridized carbons (Fsp3) is 0.333. The average Bonchev–Trinajstić information content (AvgIpc) is 3.75. The minimum Gasteiger partial charge on any atom is -0.363 e. The molecule has 2 saturated heterocycles. The minimum atomic E-state index is -0.549. The zero-order valence-corrected chi connectivity index (χ0v) is 23.4. The van der Waals surface area contributed by atoms with Crippen molar-refractivity contribution >= 4 is 39.8 Å². The fourth-order valence-electron chi connectivity index (χ4n) is 5.57. The topological polar surface area (TPSA) is 95.4 Å². The van der Waals surface area contributed by atoms with E-state index in [1.807, 2.05) is 34.5 Å². The molecule has 1 aromatic carbocycles. The second-order valence-corrected chi connectivity index (χ2v) is 11.3. The molecule has 3 aromatic heterocycles. The van der Waals surface area contributed by atoms with Crippen LogP contribution in [0.25, 0.3) is 0 Å². The van der Waals surface area contributed by atoms with Gasteiger partial charge in [-0.25, -0.2) is 14.8 Å². The molecule has 41 heavy (non-hydrogen) atoms. The first kappa shape index (κ1) is 26.9. The summed E-state index contributed by atoms with van der Waals surface area (Å²) < 4.78 is 15.3. The maximum absolute atomic E-state index is 13.5. The highest BCUT2D eigenvalue weighted by Crippen LogP contribution is 2.37. The number of likely N-dealkylation sites (tertiary alicyclic amines) is 1. The van der Waals surface area contributed by atoms with E-state index >= 15 is 0 Å². The van der Waals surface area contributed by atoms with Gasteiger partial charge in [0.05, 0.1) is 11.7 Å². The summed E-state index contributed by atoms with van der Waals surface area (Å²) in [5.74, 6) is -0.816. The Balaban J connectivity index is 1.09. The molecule has 2 aliphatic heterocycles. The molecule has 0 radical (unpaired) electrons. The summed E-state index contributed by atoms with van der Waals surface area (Å²) in [6, 6.07) is 14.7. The Morgan fingerprint density at radius 1 is 1.00 bits per heavy atom. The zero-order chi connectivity index (χ0) is 28.2. The van der Waals surface area contributed by atoms with Gasteiger partial charge < -0.3 is 19.7 Å². The first-order valence-corrected chi connectivity index (χ1v) is 14.9. The van der Waals surface area contributed by atoms with Crippen LogP contribution in [0.4, 0.5) is 25.7 Å². The van der Waals surface area contributed by atoms with Gasteiger partial charge in [-0.3, -0.25) is 10.1 Å². The van der Waals surface area contributed by atoms with Crippen LogP contribution < -0.4 is 15.5 Å². The molecule has 1 atom stereocenters. The van der Waals surface area contributed by atoms with Gasteiger partial charge in [-0.2, -0.15) is 4.39 Å². The van der Waals surface area contributed by atoms with Gasteiger partial charge in [0.2, 0.25) is 5.95 Å². The summed E-state index contributed by atoms with van der Waals surface area (Å²) in [6.45, 7) is 2.90. The molecule has 3 amide bonds. The fourth-order valence-corrected chi connectivity index (χ4v) is 6.32. The highest BCUT2D eigenvalue weighted by atomic mass is 32.1. The van der Waals surface area contributed by atoms with Crippen molar-refractivity contribution < 1.29 is 14.0 Å². The van der Waals surface area contributed by atoms with Crippen LogP contribution in [0.5, 0.6) is 0 Å². The van der Waals surface area contributed by atoms with Gasteiger partial charge in [-0.05, 0) is 86.2 Å². The summed E-state index contributed by atoms with van der Waals surface area (Å²) >= 11 is 1.40. The Morgan fingerprint density at radius 3 is 2.63 bits per heavy atom. The van der Waals surface area contributed by atoms with Crippen LogP contribution in [0.3, 0.4) is 0 Å². The molecular weight excluding hydrogens is 541 g/mol. The van der Waals surface area contributed by atoms with E-state index in [0.29, 0.717) is 17.4 Å². The number of nitrogens with zero attached hydrogens (tertiary/aromatic N) is 5. The van der Waals surface area contributed by atoms with Crippen LogP contribution in [0.2, 0.25) is 0 Å². The maximum Gasteiger partial charge on any atom is 0.321 e. The number of amides is 3. The number of halogens is 1. The van der Waals surface area contributed by atoms with Crippen molar-refractivity contribution in [2.75, 3.05) is 35.2 Å². The molecule has 4 aromatic rings. The van der Waals surface area contributed by atoms with Crippen molar-refractivity contribution in [2.24, 2.45) is 0 Å². The van der Waals surface area contributed by atoms with Gasteiger partial charge in [0.1, 0.15) is 5.69 Å². The third-order valence-corrected chi connectivity index (χ3v) is 8.41. The molecule has 5 heterocycles. The number of pyridine rings is 1. The summed E-state index contributed by atoms with van der Waals surface area (Å²) in [7, 11) is 0. The second-order valence-electron chi connectivity index (χ2n) is 10.4. The van der Waals surface area contributed by atoms with Crippen LogP contribution >= 0.6 is 11.3 Å². The highest BCUT2D eigenvalue weighted by molar-refractivity contribution is 7.14. The van der Waals surface area contributed by atoms with Crippen molar-refractivity contribution in [2.45, 2.75) is 44.7 Å². The standard InChI is InChI=1S/C30H32FN7O2S/c31-27-18-21(12-13-32-27)19-37-16-4-7-26(37)28(39)35-29-34-24(20-41-29)25-6-5-17-38(25)23-10-8-22(9-11-23)33-30(40)36-14-2-1-3-15-36/h4,7-13,16,18,20,25H,1-3,5-6,14-15,17,19H2,(H,33,40)(H,34,35,39)/t25-/m1/s1. The van der Waals surface area contributed by atoms with Gasteiger partial charge in [-0.15, -0.1) is 11.3 Å². The quantitative estimate of drug-likeness (QED) is 0.259. The van der Waals surface area contributed by atoms with E-state index in [1.165, 1.54) is 30.0 Å². The third kappa shape index (κ3) is 6.25. The van der Waals surface area contributed by atoms with E-state index in [0.717, 1.165) is 67.9 Å². The predicted molar refractivity (Wildman–Crippen MR) is 158 cm³/mol. The molecule has 0 aliphatic carbocycles. The molecular formula is C30H32FN7O2S. The zero-order valence-electron chi connectivity index (χ0n) is 22.6. The van der Waals surface area contributed by atoms with Gasteiger partial charge in [0, 0.05) is 55.3 Å². The average molecular weight is 574 g/mol. The number of hydrogen-bond acceptors (Lipinski definition) is 6. The van der Waals surface area contributed by atoms with E-state index in [-0.39, 0.29) is 18.0 Å². The lowest BCUT2D eigenvalue weighted by Crippen LogP contribution is -2.38. The monoisotopic (exact) mass is 573 g/mol. The normalized spacial score (nSPS) is 17.0. The van der Waals surface area contributed by atoms with Crippen LogP contribution in [0, 0.1) is 5.95 Å². The van der Waals surface area contributed by atoms with E-state index in [4.69, 9.17) is 4.98 Å². The SMILES string of the molecule is O=C(Nc1nc([C@H]2CCCN2c2ccc(NC(=O)N3CCCCC3)cc2)cs1)c1cccn1Cc1ccnc(F)c1. The predicted octanol–water partition coefficient (Wildman–Crippen LogP) is 6.14. The summed E-state index contributed by atoms with van der Waals surface area (Å²) in [5.41, 5.74) is 3.98. The number of urea groups is 1. The van der Waals surface area contributed by atoms with Gasteiger partial charge in [0.15, 0.2) is 5.13 Å². The van der Waals surface area contributed by atoms with Gasteiger partial charge in [-0.1, -0.05) is 0 Å². The van der Waals surface area contributed by atoms with Crippen molar-refractivity contribution in [1.82, 2.24) is 19.4 Å². The first-order valence-electron chi connectivity index (χ1n) is 14.0. The number of aromatic nitrogens is 3. The largest absolute Gasteiger partial charge is 0.363 e. The molecule has 6 rings (SSSR count). The summed E-state index contributed by atoms with van der Waals surface area (Å²) in [4.78, 5) is 38.2. The molecule has 0 unspecified atom stereocenters. The molecule has 0 spiro atoms.